The zero-order valence-corrected chi connectivity index (χ0v) is 17.2. The van der Waals surface area contributed by atoms with Crippen molar-refractivity contribution >= 4 is 0 Å². The number of benzene rings is 2. The van der Waals surface area contributed by atoms with Crippen molar-refractivity contribution < 1.29 is 13.9 Å². The van der Waals surface area contributed by atoms with E-state index in [4.69, 9.17) is 9.47 Å². The number of hydrogen-bond acceptors (Lipinski definition) is 4. The van der Waals surface area contributed by atoms with Crippen molar-refractivity contribution in [2.45, 2.75) is 32.0 Å². The minimum absolute atomic E-state index is 0.204. The molecule has 1 aliphatic heterocycles. The maximum absolute atomic E-state index is 13.4. The van der Waals surface area contributed by atoms with Crippen LogP contribution in [-0.4, -0.2) is 35.7 Å². The van der Waals surface area contributed by atoms with E-state index in [1.54, 1.807) is 0 Å². The van der Waals surface area contributed by atoms with Crippen LogP contribution in [0.1, 0.15) is 29.5 Å². The Morgan fingerprint density at radius 1 is 0.933 bits per heavy atom. The molecule has 4 nitrogen and oxygen atoms in total. The lowest BCUT2D eigenvalue weighted by molar-refractivity contribution is 0.132. The fourth-order valence-corrected chi connectivity index (χ4v) is 4.04. The topological polar surface area (TPSA) is 34.6 Å². The van der Waals surface area contributed by atoms with Gasteiger partial charge in [-0.2, -0.15) is 0 Å². The van der Waals surface area contributed by atoms with Gasteiger partial charge in [0.15, 0.2) is 0 Å². The molecular formula is C25H27FN2O2. The van der Waals surface area contributed by atoms with Crippen molar-refractivity contribution in [1.29, 1.82) is 0 Å². The second kappa shape index (κ2) is 9.83. The van der Waals surface area contributed by atoms with Crippen molar-refractivity contribution in [3.63, 3.8) is 0 Å². The summed E-state index contributed by atoms with van der Waals surface area (Å²) in [6.45, 7) is 5.53. The molecule has 2 atom stereocenters. The second-order valence-corrected chi connectivity index (χ2v) is 7.60. The van der Waals surface area contributed by atoms with Gasteiger partial charge in [0, 0.05) is 37.4 Å². The van der Waals surface area contributed by atoms with E-state index in [-0.39, 0.29) is 17.8 Å². The van der Waals surface area contributed by atoms with Gasteiger partial charge in [-0.25, -0.2) is 4.39 Å². The fourth-order valence-electron chi connectivity index (χ4n) is 4.04. The lowest BCUT2D eigenvalue weighted by Crippen LogP contribution is -2.38. The van der Waals surface area contributed by atoms with Crippen LogP contribution < -0.4 is 4.74 Å². The largest absolute Gasteiger partial charge is 0.494 e. The van der Waals surface area contributed by atoms with E-state index in [9.17, 15) is 4.39 Å². The van der Waals surface area contributed by atoms with Gasteiger partial charge in [0.2, 0.25) is 0 Å². The van der Waals surface area contributed by atoms with Crippen molar-refractivity contribution in [3.8, 4) is 5.75 Å². The summed E-state index contributed by atoms with van der Waals surface area (Å²) in [5, 5.41) is 0. The summed E-state index contributed by atoms with van der Waals surface area (Å²) < 4.78 is 24.9. The number of rotatable bonds is 8. The molecule has 5 heteroatoms. The van der Waals surface area contributed by atoms with E-state index in [2.05, 4.69) is 22.0 Å². The van der Waals surface area contributed by atoms with Crippen molar-refractivity contribution in [3.05, 3.63) is 95.6 Å². The number of hydrogen-bond donors (Lipinski definition) is 0. The Labute approximate surface area is 177 Å². The predicted molar refractivity (Wildman–Crippen MR) is 115 cm³/mol. The third-order valence-electron chi connectivity index (χ3n) is 5.57. The van der Waals surface area contributed by atoms with Gasteiger partial charge in [0.25, 0.3) is 0 Å². The van der Waals surface area contributed by atoms with Gasteiger partial charge in [-0.3, -0.25) is 9.88 Å². The minimum atomic E-state index is -0.211. The maximum atomic E-state index is 13.4. The Balaban J connectivity index is 1.58. The van der Waals surface area contributed by atoms with Gasteiger partial charge in [-0.05, 0) is 60.0 Å². The van der Waals surface area contributed by atoms with Gasteiger partial charge in [0.05, 0.1) is 19.8 Å². The maximum Gasteiger partial charge on any atom is 0.123 e. The van der Waals surface area contributed by atoms with Crippen molar-refractivity contribution in [1.82, 2.24) is 9.88 Å². The molecule has 0 unspecified atom stereocenters. The molecule has 0 amide bonds. The van der Waals surface area contributed by atoms with Crippen LogP contribution in [0.15, 0.2) is 73.1 Å². The molecule has 1 aromatic heterocycles. The molecule has 0 radical (unpaired) electrons. The highest BCUT2D eigenvalue weighted by molar-refractivity contribution is 5.28. The average molecular weight is 407 g/mol. The Bertz CT molecular complexity index is 916. The molecule has 0 spiro atoms. The number of halogens is 1. The van der Waals surface area contributed by atoms with Crippen LogP contribution >= 0.6 is 0 Å². The Morgan fingerprint density at radius 2 is 1.60 bits per heavy atom. The van der Waals surface area contributed by atoms with Crippen LogP contribution in [0, 0.1) is 5.82 Å². The van der Waals surface area contributed by atoms with E-state index in [1.807, 2.05) is 55.7 Å². The molecule has 0 bridgehead atoms. The quantitative estimate of drug-likeness (QED) is 0.538. The first-order valence-electron chi connectivity index (χ1n) is 10.4. The molecule has 4 rings (SSSR count). The molecule has 2 heterocycles. The lowest BCUT2D eigenvalue weighted by atomic mass is 9.92. The fraction of sp³-hybridized carbons (Fsp3) is 0.320. The first-order valence-corrected chi connectivity index (χ1v) is 10.4. The molecule has 3 aromatic rings. The highest BCUT2D eigenvalue weighted by atomic mass is 19.1. The smallest absolute Gasteiger partial charge is 0.123 e. The highest BCUT2D eigenvalue weighted by Crippen LogP contribution is 2.32. The van der Waals surface area contributed by atoms with Gasteiger partial charge in [0.1, 0.15) is 11.6 Å². The van der Waals surface area contributed by atoms with E-state index in [0.717, 1.165) is 24.4 Å². The second-order valence-electron chi connectivity index (χ2n) is 7.60. The van der Waals surface area contributed by atoms with Crippen molar-refractivity contribution in [2.24, 2.45) is 0 Å². The number of aromatic nitrogens is 1. The third-order valence-corrected chi connectivity index (χ3v) is 5.57. The van der Waals surface area contributed by atoms with E-state index in [0.29, 0.717) is 19.8 Å². The number of nitrogens with zero attached hydrogens (tertiary/aromatic N) is 2. The van der Waals surface area contributed by atoms with Gasteiger partial charge < -0.3 is 9.47 Å². The molecule has 1 aliphatic rings. The van der Waals surface area contributed by atoms with E-state index < -0.39 is 0 Å². The lowest BCUT2D eigenvalue weighted by Gasteiger charge is -2.32. The molecule has 156 valence electrons. The number of ether oxygens (including phenoxy) is 2. The van der Waals surface area contributed by atoms with Crippen LogP contribution in [0.5, 0.6) is 5.75 Å². The summed E-state index contributed by atoms with van der Waals surface area (Å²) in [4.78, 5) is 6.59. The molecule has 2 aromatic carbocycles. The average Bonchev–Trinajstić information content (AvgIpc) is 3.26. The summed E-state index contributed by atoms with van der Waals surface area (Å²) in [6, 6.07) is 19.4. The third kappa shape index (κ3) is 5.04. The molecule has 0 saturated carbocycles. The summed E-state index contributed by atoms with van der Waals surface area (Å²) in [5.74, 6) is 0.878. The standard InChI is InChI=1S/C25H27FN2O2/c1-2-30-23-9-3-19(4-10-23)15-28(16-20-11-13-27-14-12-20)25-18-29-17-24(25)21-5-7-22(26)8-6-21/h3-14,24-25H,2,15-18H2,1H3/t24-,25+/m0/s1. The summed E-state index contributed by atoms with van der Waals surface area (Å²) >= 11 is 0. The van der Waals surface area contributed by atoms with Crippen molar-refractivity contribution in [2.75, 3.05) is 19.8 Å². The van der Waals surface area contributed by atoms with Gasteiger partial charge in [-0.1, -0.05) is 24.3 Å². The predicted octanol–water partition coefficient (Wildman–Crippen LogP) is 4.80. The summed E-state index contributed by atoms with van der Waals surface area (Å²) in [5.41, 5.74) is 3.54. The van der Waals surface area contributed by atoms with Crippen LogP contribution in [0.25, 0.3) is 0 Å². The SMILES string of the molecule is CCOc1ccc(CN(Cc2ccncc2)[C@@H]2COC[C@H]2c2ccc(F)cc2)cc1. The van der Waals surface area contributed by atoms with Crippen LogP contribution in [0.4, 0.5) is 4.39 Å². The molecule has 1 saturated heterocycles. The van der Waals surface area contributed by atoms with Gasteiger partial charge >= 0.3 is 0 Å². The zero-order chi connectivity index (χ0) is 20.8. The highest BCUT2D eigenvalue weighted by Gasteiger charge is 2.34. The van der Waals surface area contributed by atoms with Crippen LogP contribution in [0.3, 0.4) is 0 Å². The summed E-state index contributed by atoms with van der Waals surface area (Å²) in [6.07, 6.45) is 3.65. The first kappa shape index (κ1) is 20.5. The minimum Gasteiger partial charge on any atom is -0.494 e. The van der Waals surface area contributed by atoms with Crippen LogP contribution in [0.2, 0.25) is 0 Å². The molecule has 30 heavy (non-hydrogen) atoms. The first-order chi connectivity index (χ1) is 14.7. The monoisotopic (exact) mass is 406 g/mol. The van der Waals surface area contributed by atoms with Gasteiger partial charge in [-0.15, -0.1) is 0 Å². The zero-order valence-electron chi connectivity index (χ0n) is 17.2. The van der Waals surface area contributed by atoms with E-state index >= 15 is 0 Å². The summed E-state index contributed by atoms with van der Waals surface area (Å²) in [7, 11) is 0. The Kier molecular flexibility index (Phi) is 6.72. The molecule has 1 fully saturated rings. The molecular weight excluding hydrogens is 379 g/mol. The number of pyridine rings is 1. The van der Waals surface area contributed by atoms with Crippen LogP contribution in [-0.2, 0) is 17.8 Å². The Hall–Kier alpha value is -2.76. The normalized spacial score (nSPS) is 18.6. The Morgan fingerprint density at radius 3 is 2.27 bits per heavy atom. The van der Waals surface area contributed by atoms with E-state index in [1.165, 1.54) is 23.3 Å². The molecule has 0 aliphatic carbocycles. The molecule has 0 N–H and O–H groups in total.